The first-order chi connectivity index (χ1) is 8.79. The van der Waals surface area contributed by atoms with E-state index in [2.05, 4.69) is 52.6 Å². The number of benzene rings is 1. The minimum absolute atomic E-state index is 0.686. The molecule has 0 aliphatic carbocycles. The van der Waals surface area contributed by atoms with Crippen LogP contribution in [0.3, 0.4) is 0 Å². The second-order valence-electron chi connectivity index (χ2n) is 5.18. The van der Waals surface area contributed by atoms with Crippen LogP contribution in [0, 0.1) is 6.92 Å². The van der Waals surface area contributed by atoms with E-state index < -0.39 is 0 Å². The zero-order valence-electron chi connectivity index (χ0n) is 11.3. The van der Waals surface area contributed by atoms with E-state index in [1.165, 1.54) is 24.9 Å². The molecule has 1 aromatic heterocycles. The predicted octanol–water partition coefficient (Wildman–Crippen LogP) is 2.83. The Morgan fingerprint density at radius 3 is 3.00 bits per heavy atom. The summed E-state index contributed by atoms with van der Waals surface area (Å²) < 4.78 is 2.38. The van der Waals surface area contributed by atoms with Crippen LogP contribution in [0.5, 0.6) is 0 Å². The van der Waals surface area contributed by atoms with Gasteiger partial charge < -0.3 is 4.57 Å². The summed E-state index contributed by atoms with van der Waals surface area (Å²) >= 11 is 0. The van der Waals surface area contributed by atoms with Gasteiger partial charge in [-0.05, 0) is 45.0 Å². The maximum atomic E-state index is 4.65. The van der Waals surface area contributed by atoms with E-state index in [1.54, 1.807) is 0 Å². The molecular formula is C15H21N3. The first-order valence-electron chi connectivity index (χ1n) is 6.95. The zero-order valence-corrected chi connectivity index (χ0v) is 11.3. The van der Waals surface area contributed by atoms with Gasteiger partial charge in [0.2, 0.25) is 0 Å². The van der Waals surface area contributed by atoms with Gasteiger partial charge in [-0.1, -0.05) is 19.1 Å². The van der Waals surface area contributed by atoms with Crippen LogP contribution >= 0.6 is 0 Å². The highest BCUT2D eigenvalue weighted by atomic mass is 15.2. The van der Waals surface area contributed by atoms with Crippen molar-refractivity contribution in [2.45, 2.75) is 39.3 Å². The highest BCUT2D eigenvalue weighted by molar-refractivity contribution is 5.75. The van der Waals surface area contributed by atoms with Crippen LogP contribution in [-0.4, -0.2) is 33.6 Å². The molecule has 0 spiro atoms. The fourth-order valence-corrected chi connectivity index (χ4v) is 3.16. The van der Waals surface area contributed by atoms with Crippen molar-refractivity contribution in [1.29, 1.82) is 0 Å². The first-order valence-corrected chi connectivity index (χ1v) is 6.95. The Bertz CT molecular complexity index is 544. The summed E-state index contributed by atoms with van der Waals surface area (Å²) in [7, 11) is 0. The van der Waals surface area contributed by atoms with Crippen molar-refractivity contribution in [2.75, 3.05) is 13.1 Å². The van der Waals surface area contributed by atoms with Gasteiger partial charge in [0.1, 0.15) is 5.82 Å². The quantitative estimate of drug-likeness (QED) is 0.826. The van der Waals surface area contributed by atoms with Crippen molar-refractivity contribution in [2.24, 2.45) is 0 Å². The van der Waals surface area contributed by atoms with E-state index in [0.29, 0.717) is 6.04 Å². The van der Waals surface area contributed by atoms with E-state index in [-0.39, 0.29) is 0 Å². The van der Waals surface area contributed by atoms with Gasteiger partial charge in [-0.25, -0.2) is 4.98 Å². The van der Waals surface area contributed by atoms with Crippen LogP contribution < -0.4 is 0 Å². The van der Waals surface area contributed by atoms with Crippen molar-refractivity contribution in [3.8, 4) is 0 Å². The molecule has 96 valence electrons. The monoisotopic (exact) mass is 243 g/mol. The molecule has 3 rings (SSSR count). The summed E-state index contributed by atoms with van der Waals surface area (Å²) in [5.74, 6) is 1.14. The lowest BCUT2D eigenvalue weighted by molar-refractivity contribution is 0.245. The number of aryl methyl sites for hydroxylation is 1. The van der Waals surface area contributed by atoms with E-state index in [1.807, 2.05) is 0 Å². The number of imidazole rings is 1. The molecule has 18 heavy (non-hydrogen) atoms. The van der Waals surface area contributed by atoms with Gasteiger partial charge in [0.25, 0.3) is 0 Å². The van der Waals surface area contributed by atoms with E-state index in [9.17, 15) is 0 Å². The van der Waals surface area contributed by atoms with E-state index in [0.717, 1.165) is 24.4 Å². The Morgan fingerprint density at radius 1 is 1.33 bits per heavy atom. The summed E-state index contributed by atoms with van der Waals surface area (Å²) in [6.07, 6.45) is 2.66. The number of para-hydroxylation sites is 2. The molecule has 0 amide bonds. The molecule has 2 heterocycles. The number of likely N-dealkylation sites (tertiary alicyclic amines) is 1. The molecule has 2 aromatic rings. The van der Waals surface area contributed by atoms with Gasteiger partial charge in [-0.2, -0.15) is 0 Å². The average molecular weight is 243 g/mol. The zero-order chi connectivity index (χ0) is 12.5. The highest BCUT2D eigenvalue weighted by Gasteiger charge is 2.24. The third-order valence-corrected chi connectivity index (χ3v) is 4.14. The van der Waals surface area contributed by atoms with Crippen LogP contribution in [0.1, 0.15) is 25.6 Å². The molecule has 3 nitrogen and oxygen atoms in total. The number of hydrogen-bond acceptors (Lipinski definition) is 2. The fraction of sp³-hybridized carbons (Fsp3) is 0.533. The largest absolute Gasteiger partial charge is 0.327 e. The van der Waals surface area contributed by atoms with Crippen LogP contribution in [0.2, 0.25) is 0 Å². The van der Waals surface area contributed by atoms with Gasteiger partial charge in [-0.3, -0.25) is 4.90 Å². The number of aromatic nitrogens is 2. The number of rotatable bonds is 3. The van der Waals surface area contributed by atoms with Gasteiger partial charge in [0.05, 0.1) is 11.0 Å². The molecule has 3 heteroatoms. The van der Waals surface area contributed by atoms with Crippen molar-refractivity contribution in [3.05, 3.63) is 30.1 Å². The summed E-state index contributed by atoms with van der Waals surface area (Å²) in [6.45, 7) is 7.88. The smallest absolute Gasteiger partial charge is 0.106 e. The summed E-state index contributed by atoms with van der Waals surface area (Å²) in [5, 5.41) is 0. The van der Waals surface area contributed by atoms with Crippen LogP contribution in [0.4, 0.5) is 0 Å². The Kier molecular flexibility index (Phi) is 3.08. The summed E-state index contributed by atoms with van der Waals surface area (Å²) in [5.41, 5.74) is 2.40. The molecule has 1 aliphatic rings. The second kappa shape index (κ2) is 4.73. The van der Waals surface area contributed by atoms with Gasteiger partial charge >= 0.3 is 0 Å². The molecule has 0 N–H and O–H groups in total. The van der Waals surface area contributed by atoms with E-state index >= 15 is 0 Å². The molecule has 1 fully saturated rings. The molecule has 0 radical (unpaired) electrons. The third kappa shape index (κ3) is 1.93. The standard InChI is InChI=1S/C15H21N3/c1-3-17-10-6-7-13(17)11-18-12(2)16-14-8-4-5-9-15(14)18/h4-5,8-9,13H,3,6-7,10-11H2,1-2H3. The predicted molar refractivity (Wildman–Crippen MR) is 74.7 cm³/mol. The number of fused-ring (bicyclic) bond motifs is 1. The lowest BCUT2D eigenvalue weighted by Crippen LogP contribution is -2.32. The molecule has 1 saturated heterocycles. The Labute approximate surface area is 108 Å². The highest BCUT2D eigenvalue weighted by Crippen LogP contribution is 2.22. The number of hydrogen-bond donors (Lipinski definition) is 0. The molecule has 0 saturated carbocycles. The Balaban J connectivity index is 1.92. The second-order valence-corrected chi connectivity index (χ2v) is 5.18. The van der Waals surface area contributed by atoms with E-state index in [4.69, 9.17) is 0 Å². The molecule has 1 aliphatic heterocycles. The van der Waals surface area contributed by atoms with Crippen LogP contribution in [-0.2, 0) is 6.54 Å². The molecular weight excluding hydrogens is 222 g/mol. The Morgan fingerprint density at radius 2 is 2.17 bits per heavy atom. The normalized spacial score (nSPS) is 20.9. The van der Waals surface area contributed by atoms with Crippen LogP contribution in [0.15, 0.2) is 24.3 Å². The number of nitrogens with zero attached hydrogens (tertiary/aromatic N) is 3. The van der Waals surface area contributed by atoms with Crippen molar-refractivity contribution in [1.82, 2.24) is 14.5 Å². The summed E-state index contributed by atoms with van der Waals surface area (Å²) in [4.78, 5) is 7.24. The SMILES string of the molecule is CCN1CCCC1Cn1c(C)nc2ccccc21. The average Bonchev–Trinajstić information content (AvgIpc) is 2.95. The molecule has 1 unspecified atom stereocenters. The number of likely N-dealkylation sites (N-methyl/N-ethyl adjacent to an activating group) is 1. The molecule has 0 bridgehead atoms. The lowest BCUT2D eigenvalue weighted by Gasteiger charge is -2.23. The minimum atomic E-state index is 0.686. The minimum Gasteiger partial charge on any atom is -0.327 e. The van der Waals surface area contributed by atoms with Gasteiger partial charge in [-0.15, -0.1) is 0 Å². The van der Waals surface area contributed by atoms with Crippen molar-refractivity contribution >= 4 is 11.0 Å². The fourth-order valence-electron chi connectivity index (χ4n) is 3.16. The van der Waals surface area contributed by atoms with Crippen molar-refractivity contribution < 1.29 is 0 Å². The van der Waals surface area contributed by atoms with Gasteiger partial charge in [0.15, 0.2) is 0 Å². The molecule has 1 atom stereocenters. The molecule has 1 aromatic carbocycles. The third-order valence-electron chi connectivity index (χ3n) is 4.14. The van der Waals surface area contributed by atoms with Crippen molar-refractivity contribution in [3.63, 3.8) is 0 Å². The Hall–Kier alpha value is -1.35. The maximum absolute atomic E-state index is 4.65. The van der Waals surface area contributed by atoms with Gasteiger partial charge in [0, 0.05) is 12.6 Å². The lowest BCUT2D eigenvalue weighted by atomic mass is 10.2. The topological polar surface area (TPSA) is 21.1 Å². The first kappa shape index (κ1) is 11.7. The van der Waals surface area contributed by atoms with Crippen LogP contribution in [0.25, 0.3) is 11.0 Å². The maximum Gasteiger partial charge on any atom is 0.106 e. The summed E-state index contributed by atoms with van der Waals surface area (Å²) in [6, 6.07) is 9.14.